The lowest BCUT2D eigenvalue weighted by molar-refractivity contribution is -0.127. The first-order chi connectivity index (χ1) is 17.0. The van der Waals surface area contributed by atoms with Gasteiger partial charge in [-0.15, -0.1) is 21.5 Å². The molecule has 1 aliphatic rings. The SMILES string of the molecule is COCc1nnc(NC(=O)CN2C(=O)C(C)Oc3ccc(-c4csc(-c5ccccc5)n4)cc32)s1. The van der Waals surface area contributed by atoms with Crippen LogP contribution in [0.3, 0.4) is 0 Å². The van der Waals surface area contributed by atoms with E-state index < -0.39 is 6.10 Å². The van der Waals surface area contributed by atoms with Crippen molar-refractivity contribution in [2.24, 2.45) is 0 Å². The molecule has 1 atom stereocenters. The van der Waals surface area contributed by atoms with Gasteiger partial charge in [0, 0.05) is 23.6 Å². The summed E-state index contributed by atoms with van der Waals surface area (Å²) >= 11 is 2.77. The average molecular weight is 508 g/mol. The zero-order valence-electron chi connectivity index (χ0n) is 18.9. The van der Waals surface area contributed by atoms with Gasteiger partial charge in [-0.1, -0.05) is 41.7 Å². The number of anilines is 2. The van der Waals surface area contributed by atoms with Gasteiger partial charge in [0.05, 0.1) is 11.4 Å². The molecule has 1 N–H and O–H groups in total. The molecule has 0 fully saturated rings. The van der Waals surface area contributed by atoms with E-state index >= 15 is 0 Å². The highest BCUT2D eigenvalue weighted by molar-refractivity contribution is 7.15. The molecule has 2 amide bonds. The predicted molar refractivity (Wildman–Crippen MR) is 135 cm³/mol. The fraction of sp³-hybridized carbons (Fsp3) is 0.208. The van der Waals surface area contributed by atoms with Crippen molar-refractivity contribution in [3.05, 3.63) is 58.9 Å². The lowest BCUT2D eigenvalue weighted by atomic mass is 10.1. The Hall–Kier alpha value is -3.67. The Labute approximate surface area is 209 Å². The van der Waals surface area contributed by atoms with Gasteiger partial charge in [-0.3, -0.25) is 19.8 Å². The van der Waals surface area contributed by atoms with Crippen molar-refractivity contribution in [3.8, 4) is 27.6 Å². The summed E-state index contributed by atoms with van der Waals surface area (Å²) in [6, 6.07) is 15.5. The number of carbonyl (C=O) groups is 2. The van der Waals surface area contributed by atoms with Gasteiger partial charge in [-0.25, -0.2) is 4.98 Å². The number of hydrogen-bond acceptors (Lipinski definition) is 9. The van der Waals surface area contributed by atoms with Crippen molar-refractivity contribution in [1.29, 1.82) is 0 Å². The van der Waals surface area contributed by atoms with Crippen molar-refractivity contribution in [3.63, 3.8) is 0 Å². The number of fused-ring (bicyclic) bond motifs is 1. The number of thiazole rings is 1. The van der Waals surface area contributed by atoms with E-state index in [1.807, 2.05) is 53.9 Å². The maximum atomic E-state index is 13.0. The van der Waals surface area contributed by atoms with E-state index in [0.29, 0.717) is 28.2 Å². The Morgan fingerprint density at radius 2 is 2.00 bits per heavy atom. The molecule has 0 bridgehead atoms. The molecule has 0 saturated heterocycles. The Balaban J connectivity index is 1.39. The van der Waals surface area contributed by atoms with Crippen molar-refractivity contribution in [1.82, 2.24) is 15.2 Å². The first-order valence-electron chi connectivity index (χ1n) is 10.8. The van der Waals surface area contributed by atoms with Crippen molar-refractivity contribution in [2.45, 2.75) is 19.6 Å². The molecule has 3 heterocycles. The molecule has 9 nitrogen and oxygen atoms in total. The van der Waals surface area contributed by atoms with Crippen LogP contribution >= 0.6 is 22.7 Å². The molecule has 0 radical (unpaired) electrons. The maximum absolute atomic E-state index is 13.0. The van der Waals surface area contributed by atoms with Crippen LogP contribution in [0.5, 0.6) is 5.75 Å². The number of aromatic nitrogens is 3. The van der Waals surface area contributed by atoms with Crippen LogP contribution in [0.15, 0.2) is 53.9 Å². The second-order valence-corrected chi connectivity index (χ2v) is 9.67. The van der Waals surface area contributed by atoms with Crippen molar-refractivity contribution in [2.75, 3.05) is 23.9 Å². The lowest BCUT2D eigenvalue weighted by Crippen LogP contribution is -2.47. The number of benzene rings is 2. The molecule has 0 saturated carbocycles. The van der Waals surface area contributed by atoms with Gasteiger partial charge < -0.3 is 9.47 Å². The zero-order chi connectivity index (χ0) is 24.4. The molecule has 2 aromatic heterocycles. The van der Waals surface area contributed by atoms with Gasteiger partial charge in [-0.2, -0.15) is 0 Å². The highest BCUT2D eigenvalue weighted by atomic mass is 32.1. The Morgan fingerprint density at radius 1 is 1.17 bits per heavy atom. The van der Waals surface area contributed by atoms with Crippen molar-refractivity contribution < 1.29 is 19.1 Å². The van der Waals surface area contributed by atoms with E-state index in [0.717, 1.165) is 21.8 Å². The third-order valence-electron chi connectivity index (χ3n) is 5.27. The van der Waals surface area contributed by atoms with Crippen LogP contribution in [0.1, 0.15) is 11.9 Å². The second-order valence-electron chi connectivity index (χ2n) is 7.75. The molecule has 1 aliphatic heterocycles. The molecule has 35 heavy (non-hydrogen) atoms. The topological polar surface area (TPSA) is 107 Å². The molecule has 1 unspecified atom stereocenters. The van der Waals surface area contributed by atoms with Crippen LogP contribution < -0.4 is 15.0 Å². The summed E-state index contributed by atoms with van der Waals surface area (Å²) in [6.45, 7) is 1.79. The largest absolute Gasteiger partial charge is 0.479 e. The summed E-state index contributed by atoms with van der Waals surface area (Å²) in [6.07, 6.45) is -0.708. The van der Waals surface area contributed by atoms with Crippen LogP contribution in [0.2, 0.25) is 0 Å². The summed E-state index contributed by atoms with van der Waals surface area (Å²) in [5.41, 5.74) is 3.17. The molecular weight excluding hydrogens is 486 g/mol. The minimum absolute atomic E-state index is 0.186. The van der Waals surface area contributed by atoms with Crippen LogP contribution in [-0.2, 0) is 20.9 Å². The van der Waals surface area contributed by atoms with Gasteiger partial charge in [0.25, 0.3) is 5.91 Å². The quantitative estimate of drug-likeness (QED) is 0.399. The van der Waals surface area contributed by atoms with Gasteiger partial charge in [0.15, 0.2) is 6.10 Å². The number of amides is 2. The number of carbonyl (C=O) groups excluding carboxylic acids is 2. The molecule has 2 aromatic carbocycles. The number of hydrogen-bond donors (Lipinski definition) is 1. The van der Waals surface area contributed by atoms with Crippen LogP contribution in [0, 0.1) is 0 Å². The number of rotatable bonds is 7. The van der Waals surface area contributed by atoms with Crippen LogP contribution in [-0.4, -0.2) is 46.8 Å². The lowest BCUT2D eigenvalue weighted by Gasteiger charge is -2.32. The Morgan fingerprint density at radius 3 is 2.80 bits per heavy atom. The molecule has 5 rings (SSSR count). The predicted octanol–water partition coefficient (Wildman–Crippen LogP) is 4.23. The number of nitrogens with zero attached hydrogens (tertiary/aromatic N) is 4. The van der Waals surface area contributed by atoms with Gasteiger partial charge in [-0.05, 0) is 25.1 Å². The first kappa shape index (κ1) is 23.1. The molecule has 4 aromatic rings. The number of ether oxygens (including phenoxy) is 2. The fourth-order valence-corrected chi connectivity index (χ4v) is 5.20. The average Bonchev–Trinajstić information content (AvgIpc) is 3.53. The maximum Gasteiger partial charge on any atom is 0.268 e. The zero-order valence-corrected chi connectivity index (χ0v) is 20.6. The van der Waals surface area contributed by atoms with E-state index in [4.69, 9.17) is 14.5 Å². The Bertz CT molecular complexity index is 1370. The van der Waals surface area contributed by atoms with Crippen LogP contribution in [0.4, 0.5) is 10.8 Å². The third kappa shape index (κ3) is 4.92. The standard InChI is InChI=1S/C24H21N5O4S2/c1-14-23(31)29(11-20(30)26-24-28-27-21(35-24)12-32-2)18-10-16(8-9-19(18)33-14)17-13-34-22(25-17)15-6-4-3-5-7-15/h3-10,13-14H,11-12H2,1-2H3,(H,26,28,30). The molecular formula is C24H21N5O4S2. The van der Waals surface area contributed by atoms with Crippen LogP contribution in [0.25, 0.3) is 21.8 Å². The molecule has 178 valence electrons. The fourth-order valence-electron chi connectivity index (χ4n) is 3.64. The number of nitrogens with one attached hydrogen (secondary N) is 1. The minimum Gasteiger partial charge on any atom is -0.479 e. The monoisotopic (exact) mass is 507 g/mol. The van der Waals surface area contributed by atoms with E-state index in [1.54, 1.807) is 25.4 Å². The normalized spacial score (nSPS) is 15.0. The number of methoxy groups -OCH3 is 1. The molecule has 11 heteroatoms. The van der Waals surface area contributed by atoms with E-state index in [9.17, 15) is 9.59 Å². The second kappa shape index (κ2) is 9.90. The highest BCUT2D eigenvalue weighted by Crippen LogP contribution is 2.38. The van der Waals surface area contributed by atoms with Gasteiger partial charge in [0.1, 0.15) is 28.9 Å². The molecule has 0 aliphatic carbocycles. The summed E-state index contributed by atoms with van der Waals surface area (Å²) < 4.78 is 10.8. The summed E-state index contributed by atoms with van der Waals surface area (Å²) in [5, 5.41) is 14.5. The van der Waals surface area contributed by atoms with Gasteiger partial charge >= 0.3 is 0 Å². The minimum atomic E-state index is -0.708. The van der Waals surface area contributed by atoms with E-state index in [2.05, 4.69) is 15.5 Å². The van der Waals surface area contributed by atoms with E-state index in [-0.39, 0.29) is 18.4 Å². The van der Waals surface area contributed by atoms with Gasteiger partial charge in [0.2, 0.25) is 11.0 Å². The van der Waals surface area contributed by atoms with Crippen molar-refractivity contribution >= 4 is 45.3 Å². The summed E-state index contributed by atoms with van der Waals surface area (Å²) in [4.78, 5) is 31.9. The Kier molecular flexibility index (Phi) is 6.53. The molecule has 0 spiro atoms. The first-order valence-corrected chi connectivity index (χ1v) is 12.5. The summed E-state index contributed by atoms with van der Waals surface area (Å²) in [7, 11) is 1.56. The third-order valence-corrected chi connectivity index (χ3v) is 6.97. The highest BCUT2D eigenvalue weighted by Gasteiger charge is 2.33. The van der Waals surface area contributed by atoms with E-state index in [1.165, 1.54) is 16.2 Å². The summed E-state index contributed by atoms with van der Waals surface area (Å²) in [5.74, 6) is -0.153. The smallest absolute Gasteiger partial charge is 0.268 e.